The lowest BCUT2D eigenvalue weighted by molar-refractivity contribution is 0.0531. The molecule has 2 N–H and O–H groups in total. The number of rotatable bonds is 9. The quantitative estimate of drug-likeness (QED) is 0.329. The molecule has 178 valence electrons. The van der Waals surface area contributed by atoms with E-state index in [4.69, 9.17) is 21.3 Å². The second kappa shape index (κ2) is 10.7. The van der Waals surface area contributed by atoms with Crippen LogP contribution in [0.1, 0.15) is 25.2 Å². The largest absolute Gasteiger partial charge is 0.491 e. The Bertz CT molecular complexity index is 1320. The van der Waals surface area contributed by atoms with Crippen molar-refractivity contribution in [2.45, 2.75) is 39.5 Å². The molecule has 1 unspecified atom stereocenters. The first-order valence-electron chi connectivity index (χ1n) is 11.2. The van der Waals surface area contributed by atoms with E-state index < -0.39 is 6.10 Å². The minimum absolute atomic E-state index is 0.141. The Kier molecular flexibility index (Phi) is 7.68. The molecule has 0 aliphatic carbocycles. The van der Waals surface area contributed by atoms with E-state index >= 15 is 0 Å². The average Bonchev–Trinajstić information content (AvgIpc) is 3.23. The summed E-state index contributed by atoms with van der Waals surface area (Å²) in [4.78, 5) is 23.4. The summed E-state index contributed by atoms with van der Waals surface area (Å²) in [5.74, 6) is 1.34. The molecule has 0 amide bonds. The Labute approximate surface area is 207 Å². The third-order valence-electron chi connectivity index (χ3n) is 5.70. The molecule has 2 aromatic heterocycles. The van der Waals surface area contributed by atoms with Crippen molar-refractivity contribution in [1.29, 1.82) is 0 Å². The standard InChI is InChI=1S/C26H28ClN3O3S/c1-16(2)30(12-20(31)14-33-22-7-5-4-6-17(22)3)13-23-28-25(32)24-21(15-34-26(24)29-23)18-8-10-19(27)11-9-18/h4-11,15-16,20,31H,12-14H2,1-3H3,(H,28,29,32). The van der Waals surface area contributed by atoms with Gasteiger partial charge in [0.1, 0.15) is 29.1 Å². The van der Waals surface area contributed by atoms with E-state index in [1.54, 1.807) is 0 Å². The molecule has 2 aromatic carbocycles. The van der Waals surface area contributed by atoms with Crippen LogP contribution in [0.2, 0.25) is 5.02 Å². The molecule has 2 heterocycles. The van der Waals surface area contributed by atoms with Gasteiger partial charge in [-0.25, -0.2) is 4.98 Å². The highest BCUT2D eigenvalue weighted by Crippen LogP contribution is 2.31. The fourth-order valence-electron chi connectivity index (χ4n) is 3.79. The van der Waals surface area contributed by atoms with Crippen LogP contribution in [0.5, 0.6) is 5.75 Å². The number of hydrogen-bond acceptors (Lipinski definition) is 6. The van der Waals surface area contributed by atoms with Crippen LogP contribution in [0.4, 0.5) is 0 Å². The zero-order valence-electron chi connectivity index (χ0n) is 19.4. The maximum absolute atomic E-state index is 13.0. The molecule has 0 fully saturated rings. The number of aliphatic hydroxyl groups is 1. The van der Waals surface area contributed by atoms with Crippen molar-refractivity contribution in [3.8, 4) is 16.9 Å². The molecule has 4 aromatic rings. The minimum Gasteiger partial charge on any atom is -0.491 e. The number of nitrogens with one attached hydrogen (secondary N) is 1. The van der Waals surface area contributed by atoms with Gasteiger partial charge in [-0.3, -0.25) is 9.69 Å². The molecule has 0 bridgehead atoms. The van der Waals surface area contributed by atoms with Crippen LogP contribution in [-0.4, -0.2) is 45.3 Å². The number of aromatic amines is 1. The number of para-hydroxylation sites is 1. The van der Waals surface area contributed by atoms with Crippen LogP contribution in [0.25, 0.3) is 21.3 Å². The molecular weight excluding hydrogens is 470 g/mol. The van der Waals surface area contributed by atoms with Crippen LogP contribution in [0.15, 0.2) is 58.7 Å². The normalized spacial score (nSPS) is 12.6. The molecular formula is C26H28ClN3O3S. The summed E-state index contributed by atoms with van der Waals surface area (Å²) in [7, 11) is 0. The van der Waals surface area contributed by atoms with E-state index in [0.29, 0.717) is 34.2 Å². The summed E-state index contributed by atoms with van der Waals surface area (Å²) >= 11 is 7.45. The first-order valence-corrected chi connectivity index (χ1v) is 12.4. The van der Waals surface area contributed by atoms with E-state index in [2.05, 4.69) is 23.7 Å². The second-order valence-electron chi connectivity index (χ2n) is 8.60. The van der Waals surface area contributed by atoms with Crippen LogP contribution in [0.3, 0.4) is 0 Å². The summed E-state index contributed by atoms with van der Waals surface area (Å²) in [5, 5.41) is 13.8. The number of thiophene rings is 1. The van der Waals surface area contributed by atoms with Crippen LogP contribution < -0.4 is 10.3 Å². The number of aromatic nitrogens is 2. The summed E-state index contributed by atoms with van der Waals surface area (Å²) in [6.07, 6.45) is -0.685. The molecule has 0 saturated carbocycles. The molecule has 0 aliphatic heterocycles. The molecule has 1 atom stereocenters. The molecule has 0 spiro atoms. The van der Waals surface area contributed by atoms with Crippen molar-refractivity contribution in [2.24, 2.45) is 0 Å². The zero-order chi connectivity index (χ0) is 24.2. The fraction of sp³-hybridized carbons (Fsp3) is 0.308. The smallest absolute Gasteiger partial charge is 0.260 e. The van der Waals surface area contributed by atoms with Gasteiger partial charge in [-0.15, -0.1) is 11.3 Å². The predicted octanol–water partition coefficient (Wildman–Crippen LogP) is 5.26. The summed E-state index contributed by atoms with van der Waals surface area (Å²) in [6, 6.07) is 15.3. The number of benzene rings is 2. The molecule has 4 rings (SSSR count). The number of H-pyrrole nitrogens is 1. The van der Waals surface area contributed by atoms with Crippen molar-refractivity contribution < 1.29 is 9.84 Å². The van der Waals surface area contributed by atoms with Crippen LogP contribution in [0, 0.1) is 6.92 Å². The number of fused-ring (bicyclic) bond motifs is 1. The third kappa shape index (κ3) is 5.67. The minimum atomic E-state index is -0.685. The van der Waals surface area contributed by atoms with Gasteiger partial charge >= 0.3 is 0 Å². The Hall–Kier alpha value is -2.71. The maximum Gasteiger partial charge on any atom is 0.260 e. The highest BCUT2D eigenvalue weighted by molar-refractivity contribution is 7.17. The molecule has 0 radical (unpaired) electrons. The fourth-order valence-corrected chi connectivity index (χ4v) is 4.88. The van der Waals surface area contributed by atoms with Crippen LogP contribution >= 0.6 is 22.9 Å². The number of ether oxygens (including phenoxy) is 1. The van der Waals surface area contributed by atoms with Crippen molar-refractivity contribution in [3.05, 3.63) is 80.7 Å². The Morgan fingerprint density at radius 2 is 1.91 bits per heavy atom. The molecule has 0 aliphatic rings. The van der Waals surface area contributed by atoms with Crippen molar-refractivity contribution >= 4 is 33.2 Å². The first kappa shape index (κ1) is 24.4. The van der Waals surface area contributed by atoms with Crippen LogP contribution in [-0.2, 0) is 6.54 Å². The molecule has 8 heteroatoms. The lowest BCUT2D eigenvalue weighted by atomic mass is 10.1. The maximum atomic E-state index is 13.0. The van der Waals surface area contributed by atoms with Gasteiger partial charge in [-0.1, -0.05) is 41.9 Å². The van der Waals surface area contributed by atoms with Gasteiger partial charge in [0.2, 0.25) is 0 Å². The van der Waals surface area contributed by atoms with Gasteiger partial charge in [0.15, 0.2) is 0 Å². The molecule has 34 heavy (non-hydrogen) atoms. The zero-order valence-corrected chi connectivity index (χ0v) is 21.0. The lowest BCUT2D eigenvalue weighted by Crippen LogP contribution is -2.40. The number of aliphatic hydroxyl groups excluding tert-OH is 1. The van der Waals surface area contributed by atoms with Crippen molar-refractivity contribution in [2.75, 3.05) is 13.2 Å². The average molecular weight is 498 g/mol. The number of hydrogen-bond donors (Lipinski definition) is 2. The predicted molar refractivity (Wildman–Crippen MR) is 139 cm³/mol. The Morgan fingerprint density at radius 3 is 2.62 bits per heavy atom. The van der Waals surface area contributed by atoms with E-state index in [1.165, 1.54) is 11.3 Å². The van der Waals surface area contributed by atoms with E-state index in [9.17, 15) is 9.90 Å². The highest BCUT2D eigenvalue weighted by atomic mass is 35.5. The van der Waals surface area contributed by atoms with Gasteiger partial charge in [0.25, 0.3) is 5.56 Å². The van der Waals surface area contributed by atoms with Gasteiger partial charge in [-0.05, 0) is 50.1 Å². The van der Waals surface area contributed by atoms with Crippen molar-refractivity contribution in [1.82, 2.24) is 14.9 Å². The third-order valence-corrected chi connectivity index (χ3v) is 6.83. The highest BCUT2D eigenvalue weighted by Gasteiger charge is 2.19. The summed E-state index contributed by atoms with van der Waals surface area (Å²) in [5.41, 5.74) is 2.63. The van der Waals surface area contributed by atoms with E-state index in [0.717, 1.165) is 22.4 Å². The molecule has 0 saturated heterocycles. The van der Waals surface area contributed by atoms with Gasteiger partial charge in [0.05, 0.1) is 11.9 Å². The number of nitrogens with zero attached hydrogens (tertiary/aromatic N) is 2. The number of aryl methyl sites for hydroxylation is 1. The van der Waals surface area contributed by atoms with Crippen molar-refractivity contribution in [3.63, 3.8) is 0 Å². The number of halogens is 1. The SMILES string of the molecule is Cc1ccccc1OCC(O)CN(Cc1nc2scc(-c3ccc(Cl)cc3)c2c(=O)[nH]1)C(C)C. The summed E-state index contributed by atoms with van der Waals surface area (Å²) in [6.45, 7) is 7.07. The van der Waals surface area contributed by atoms with Gasteiger partial charge in [-0.2, -0.15) is 0 Å². The van der Waals surface area contributed by atoms with E-state index in [1.807, 2.05) is 60.8 Å². The topological polar surface area (TPSA) is 78.5 Å². The monoisotopic (exact) mass is 497 g/mol. The second-order valence-corrected chi connectivity index (χ2v) is 9.90. The lowest BCUT2D eigenvalue weighted by Gasteiger charge is -2.28. The van der Waals surface area contributed by atoms with Gasteiger partial charge in [0, 0.05) is 28.6 Å². The van der Waals surface area contributed by atoms with E-state index in [-0.39, 0.29) is 18.2 Å². The Balaban J connectivity index is 1.48. The Morgan fingerprint density at radius 1 is 1.18 bits per heavy atom. The molecule has 6 nitrogen and oxygen atoms in total. The first-order chi connectivity index (χ1) is 16.3. The summed E-state index contributed by atoms with van der Waals surface area (Å²) < 4.78 is 5.80. The van der Waals surface area contributed by atoms with Gasteiger partial charge < -0.3 is 14.8 Å².